The van der Waals surface area contributed by atoms with Gasteiger partial charge in [-0.3, -0.25) is 4.55 Å². The zero-order chi connectivity index (χ0) is 16.0. The van der Waals surface area contributed by atoms with Crippen LogP contribution in [0.4, 0.5) is 5.69 Å². The van der Waals surface area contributed by atoms with Crippen LogP contribution in [-0.4, -0.2) is 50.7 Å². The molecule has 1 atom stereocenters. The number of hydrogen-bond donors (Lipinski definition) is 3. The van der Waals surface area contributed by atoms with Gasteiger partial charge in [0, 0.05) is 29.9 Å². The number of nitrogens with one attached hydrogen (secondary N) is 1. The van der Waals surface area contributed by atoms with Crippen LogP contribution in [-0.2, 0) is 16.5 Å². The van der Waals surface area contributed by atoms with E-state index in [1.807, 2.05) is 6.92 Å². The quantitative estimate of drug-likeness (QED) is 0.612. The third kappa shape index (κ3) is 5.41. The van der Waals surface area contributed by atoms with Gasteiger partial charge in [-0.05, 0) is 6.42 Å². The molecule has 0 amide bonds. The van der Waals surface area contributed by atoms with E-state index in [-0.39, 0.29) is 6.54 Å². The van der Waals surface area contributed by atoms with Crippen molar-refractivity contribution < 1.29 is 27.6 Å². The predicted molar refractivity (Wildman–Crippen MR) is 79.8 cm³/mol. The Morgan fingerprint density at radius 3 is 2.43 bits per heavy atom. The van der Waals surface area contributed by atoms with Gasteiger partial charge >= 0.3 is 0 Å². The van der Waals surface area contributed by atoms with E-state index >= 15 is 0 Å². The molecule has 1 rings (SSSR count). The van der Waals surface area contributed by atoms with Gasteiger partial charge in [0.2, 0.25) is 0 Å². The first-order valence-corrected chi connectivity index (χ1v) is 8.03. The average Bonchev–Trinajstić information content (AvgIpc) is 2.41. The van der Waals surface area contributed by atoms with E-state index in [0.29, 0.717) is 23.6 Å². The Morgan fingerprint density at radius 1 is 1.29 bits per heavy atom. The number of benzene rings is 1. The Labute approximate surface area is 124 Å². The normalized spacial score (nSPS) is 12.8. The SMILES string of the molecule is CCc1c(NCC(O)CS(=O)(=O)O)cc(OC)cc1OC. The molecule has 0 aromatic heterocycles. The molecule has 8 heteroatoms. The molecule has 0 aliphatic carbocycles. The summed E-state index contributed by atoms with van der Waals surface area (Å²) < 4.78 is 40.6. The topological polar surface area (TPSA) is 105 Å². The minimum absolute atomic E-state index is 0.0247. The molecule has 0 spiro atoms. The Bertz CT molecular complexity index is 572. The maximum absolute atomic E-state index is 10.7. The first-order valence-electron chi connectivity index (χ1n) is 6.42. The molecule has 1 aromatic rings. The van der Waals surface area contributed by atoms with E-state index in [2.05, 4.69) is 5.32 Å². The second kappa shape index (κ2) is 7.48. The summed E-state index contributed by atoms with van der Waals surface area (Å²) in [4.78, 5) is 0. The molecule has 3 N–H and O–H groups in total. The highest BCUT2D eigenvalue weighted by atomic mass is 32.2. The molecule has 0 heterocycles. The Balaban J connectivity index is 2.91. The fourth-order valence-electron chi connectivity index (χ4n) is 1.97. The number of rotatable bonds is 8. The highest BCUT2D eigenvalue weighted by Gasteiger charge is 2.16. The van der Waals surface area contributed by atoms with E-state index in [0.717, 1.165) is 5.56 Å². The van der Waals surface area contributed by atoms with Crippen LogP contribution in [0.1, 0.15) is 12.5 Å². The van der Waals surface area contributed by atoms with Crippen molar-refractivity contribution in [2.24, 2.45) is 0 Å². The molecular weight excluding hydrogens is 298 g/mol. The van der Waals surface area contributed by atoms with Gasteiger partial charge < -0.3 is 19.9 Å². The molecule has 0 bridgehead atoms. The van der Waals surface area contributed by atoms with Crippen LogP contribution >= 0.6 is 0 Å². The minimum atomic E-state index is -4.21. The van der Waals surface area contributed by atoms with Crippen molar-refractivity contribution in [2.75, 3.05) is 31.8 Å². The minimum Gasteiger partial charge on any atom is -0.497 e. The molecule has 120 valence electrons. The molecule has 0 radical (unpaired) electrons. The van der Waals surface area contributed by atoms with Gasteiger partial charge in [-0.25, -0.2) is 0 Å². The summed E-state index contributed by atoms with van der Waals surface area (Å²) in [5.74, 6) is 0.502. The first kappa shape index (κ1) is 17.5. The third-order valence-corrected chi connectivity index (χ3v) is 3.73. The molecular formula is C13H21NO6S. The summed E-state index contributed by atoms with van der Waals surface area (Å²) in [5, 5.41) is 12.5. The average molecular weight is 319 g/mol. The summed E-state index contributed by atoms with van der Waals surface area (Å²) in [6.45, 7) is 1.92. The molecule has 7 nitrogen and oxygen atoms in total. The summed E-state index contributed by atoms with van der Waals surface area (Å²) in [5.41, 5.74) is 1.57. The highest BCUT2D eigenvalue weighted by molar-refractivity contribution is 7.85. The maximum Gasteiger partial charge on any atom is 0.267 e. The molecule has 0 saturated heterocycles. The number of aliphatic hydroxyl groups excluding tert-OH is 1. The Hall–Kier alpha value is -1.51. The monoisotopic (exact) mass is 319 g/mol. The van der Waals surface area contributed by atoms with Crippen molar-refractivity contribution in [1.29, 1.82) is 0 Å². The van der Waals surface area contributed by atoms with Crippen LogP contribution in [0.5, 0.6) is 11.5 Å². The van der Waals surface area contributed by atoms with E-state index in [1.54, 1.807) is 19.2 Å². The molecule has 0 saturated carbocycles. The second-order valence-corrected chi connectivity index (χ2v) is 5.99. The van der Waals surface area contributed by atoms with Crippen LogP contribution in [0.3, 0.4) is 0 Å². The molecule has 0 aliphatic heterocycles. The number of ether oxygens (including phenoxy) is 2. The van der Waals surface area contributed by atoms with E-state index in [1.165, 1.54) is 7.11 Å². The zero-order valence-electron chi connectivity index (χ0n) is 12.3. The van der Waals surface area contributed by atoms with Gasteiger partial charge in [0.25, 0.3) is 10.1 Å². The second-order valence-electron chi connectivity index (χ2n) is 4.49. The van der Waals surface area contributed by atoms with Crippen molar-refractivity contribution >= 4 is 15.8 Å². The third-order valence-electron chi connectivity index (χ3n) is 2.92. The highest BCUT2D eigenvalue weighted by Crippen LogP contribution is 2.32. The zero-order valence-corrected chi connectivity index (χ0v) is 13.1. The number of methoxy groups -OCH3 is 2. The molecule has 0 aliphatic rings. The standard InChI is InChI=1S/C13H21NO6S/c1-4-11-12(5-10(19-2)6-13(11)20-3)14-7-9(15)8-21(16,17)18/h5-6,9,14-15H,4,7-8H2,1-3H3,(H,16,17,18). The van der Waals surface area contributed by atoms with Crippen LogP contribution in [0, 0.1) is 0 Å². The maximum atomic E-state index is 10.7. The van der Waals surface area contributed by atoms with Crippen LogP contribution in [0.25, 0.3) is 0 Å². The predicted octanol–water partition coefficient (Wildman–Crippen LogP) is 0.927. The summed E-state index contributed by atoms with van der Waals surface area (Å²) in [7, 11) is -1.14. The fourth-order valence-corrected chi connectivity index (χ4v) is 2.58. The lowest BCUT2D eigenvalue weighted by atomic mass is 10.1. The van der Waals surface area contributed by atoms with Crippen LogP contribution < -0.4 is 14.8 Å². The van der Waals surface area contributed by atoms with Crippen LogP contribution in [0.15, 0.2) is 12.1 Å². The molecule has 0 fully saturated rings. The van der Waals surface area contributed by atoms with Gasteiger partial charge in [-0.1, -0.05) is 6.92 Å². The van der Waals surface area contributed by atoms with Crippen molar-refractivity contribution in [3.8, 4) is 11.5 Å². The van der Waals surface area contributed by atoms with E-state index < -0.39 is 22.0 Å². The van der Waals surface area contributed by atoms with Crippen molar-refractivity contribution in [3.05, 3.63) is 17.7 Å². The van der Waals surface area contributed by atoms with Gasteiger partial charge in [-0.2, -0.15) is 8.42 Å². The lowest BCUT2D eigenvalue weighted by Crippen LogP contribution is -2.28. The summed E-state index contributed by atoms with van der Waals surface area (Å²) >= 11 is 0. The Morgan fingerprint density at radius 2 is 1.95 bits per heavy atom. The fraction of sp³-hybridized carbons (Fsp3) is 0.538. The molecule has 21 heavy (non-hydrogen) atoms. The summed E-state index contributed by atoms with van der Waals surface area (Å²) in [6.07, 6.45) is -0.536. The van der Waals surface area contributed by atoms with Crippen molar-refractivity contribution in [2.45, 2.75) is 19.4 Å². The van der Waals surface area contributed by atoms with Crippen molar-refractivity contribution in [1.82, 2.24) is 0 Å². The van der Waals surface area contributed by atoms with Crippen molar-refractivity contribution in [3.63, 3.8) is 0 Å². The summed E-state index contributed by atoms with van der Waals surface area (Å²) in [6, 6.07) is 3.49. The molecule has 1 unspecified atom stereocenters. The van der Waals surface area contributed by atoms with Gasteiger partial charge in [0.15, 0.2) is 0 Å². The van der Waals surface area contributed by atoms with Gasteiger partial charge in [0.05, 0.1) is 20.3 Å². The lowest BCUT2D eigenvalue weighted by molar-refractivity contribution is 0.208. The number of hydrogen-bond acceptors (Lipinski definition) is 6. The van der Waals surface area contributed by atoms with Gasteiger partial charge in [0.1, 0.15) is 17.3 Å². The van der Waals surface area contributed by atoms with Gasteiger partial charge in [-0.15, -0.1) is 0 Å². The number of aliphatic hydroxyl groups is 1. The smallest absolute Gasteiger partial charge is 0.267 e. The largest absolute Gasteiger partial charge is 0.497 e. The van der Waals surface area contributed by atoms with E-state index in [4.69, 9.17) is 14.0 Å². The Kier molecular flexibility index (Phi) is 6.25. The van der Waals surface area contributed by atoms with E-state index in [9.17, 15) is 13.5 Å². The first-order chi connectivity index (χ1) is 9.80. The number of anilines is 1. The lowest BCUT2D eigenvalue weighted by Gasteiger charge is -2.18. The van der Waals surface area contributed by atoms with Crippen LogP contribution in [0.2, 0.25) is 0 Å². The molecule has 1 aromatic carbocycles.